The van der Waals surface area contributed by atoms with Crippen LogP contribution in [0, 0.1) is 0 Å². The van der Waals surface area contributed by atoms with E-state index in [4.69, 9.17) is 0 Å². The second kappa shape index (κ2) is 11.7. The Morgan fingerprint density at radius 3 is 2.50 bits per heavy atom. The van der Waals surface area contributed by atoms with Crippen molar-refractivity contribution in [2.75, 3.05) is 19.6 Å². The van der Waals surface area contributed by atoms with E-state index in [-0.39, 0.29) is 17.9 Å². The summed E-state index contributed by atoms with van der Waals surface area (Å²) in [7, 11) is 0. The monoisotopic (exact) mass is 403 g/mol. The third-order valence-corrected chi connectivity index (χ3v) is 5.04. The first-order chi connectivity index (χ1) is 14.7. The number of carbonyl (C=O) groups excluding carboxylic acids is 2. The highest BCUT2D eigenvalue weighted by Gasteiger charge is 2.16. The molecule has 0 unspecified atom stereocenters. The second-order valence-corrected chi connectivity index (χ2v) is 7.30. The van der Waals surface area contributed by atoms with Gasteiger partial charge in [-0.05, 0) is 42.8 Å². The highest BCUT2D eigenvalue weighted by Crippen LogP contribution is 2.16. The van der Waals surface area contributed by atoms with Gasteiger partial charge in [-0.2, -0.15) is 0 Å². The minimum absolute atomic E-state index is 0.00534. The fraction of sp³-hybridized carbons (Fsp3) is 0.280. The average Bonchev–Trinajstić information content (AvgIpc) is 2.80. The van der Waals surface area contributed by atoms with E-state index in [9.17, 15) is 9.59 Å². The Kier molecular flexibility index (Phi) is 8.42. The summed E-state index contributed by atoms with van der Waals surface area (Å²) in [5, 5.41) is 6.32. The Hall–Kier alpha value is -3.18. The van der Waals surface area contributed by atoms with E-state index in [2.05, 4.69) is 10.6 Å². The summed E-state index contributed by atoms with van der Waals surface area (Å²) in [4.78, 5) is 26.9. The van der Waals surface area contributed by atoms with Gasteiger partial charge in [0.2, 0.25) is 11.8 Å². The van der Waals surface area contributed by atoms with E-state index in [1.54, 1.807) is 12.3 Å². The summed E-state index contributed by atoms with van der Waals surface area (Å²) in [6.45, 7) is 2.01. The highest BCUT2D eigenvalue weighted by atomic mass is 16.2. The van der Waals surface area contributed by atoms with Gasteiger partial charge in [-0.1, -0.05) is 66.7 Å². The van der Waals surface area contributed by atoms with Crippen molar-refractivity contribution in [2.45, 2.75) is 25.3 Å². The molecule has 2 aromatic carbocycles. The largest absolute Gasteiger partial charge is 0.339 e. The molecule has 2 aromatic rings. The second-order valence-electron chi connectivity index (χ2n) is 7.30. The van der Waals surface area contributed by atoms with Crippen LogP contribution in [-0.2, 0) is 9.59 Å². The Morgan fingerprint density at radius 2 is 1.73 bits per heavy atom. The molecule has 0 fully saturated rings. The van der Waals surface area contributed by atoms with Crippen molar-refractivity contribution in [3.05, 3.63) is 90.1 Å². The van der Waals surface area contributed by atoms with Crippen LogP contribution in [0.5, 0.6) is 0 Å². The molecule has 2 N–H and O–H groups in total. The highest BCUT2D eigenvalue weighted by molar-refractivity contribution is 5.91. The summed E-state index contributed by atoms with van der Waals surface area (Å²) in [5.74, 6) is -0.0173. The van der Waals surface area contributed by atoms with Crippen molar-refractivity contribution in [1.82, 2.24) is 15.5 Å². The van der Waals surface area contributed by atoms with Gasteiger partial charge in [0.05, 0.1) is 0 Å². The first-order valence-electron chi connectivity index (χ1n) is 10.5. The molecular formula is C25H29N3O2. The molecule has 156 valence electrons. The van der Waals surface area contributed by atoms with Crippen LogP contribution < -0.4 is 10.6 Å². The van der Waals surface area contributed by atoms with Crippen LogP contribution in [-0.4, -0.2) is 36.3 Å². The zero-order valence-corrected chi connectivity index (χ0v) is 17.2. The van der Waals surface area contributed by atoms with Gasteiger partial charge in [0, 0.05) is 31.6 Å². The van der Waals surface area contributed by atoms with Gasteiger partial charge in [0.15, 0.2) is 0 Å². The van der Waals surface area contributed by atoms with Crippen LogP contribution in [0.4, 0.5) is 0 Å². The predicted molar refractivity (Wildman–Crippen MR) is 120 cm³/mol. The molecule has 5 nitrogen and oxygen atoms in total. The smallest absolute Gasteiger partial charge is 0.246 e. The van der Waals surface area contributed by atoms with E-state index >= 15 is 0 Å². The van der Waals surface area contributed by atoms with Gasteiger partial charge >= 0.3 is 0 Å². The van der Waals surface area contributed by atoms with Crippen LogP contribution in [0.15, 0.2) is 79.0 Å². The SMILES string of the molecule is O=C1C[C@@H](c2ccccc2)NCCCN(C(=O)/C=C/c2ccccc2)CC/C=C\N1. The van der Waals surface area contributed by atoms with Crippen LogP contribution in [0.1, 0.15) is 36.4 Å². The molecular weight excluding hydrogens is 374 g/mol. The molecule has 0 spiro atoms. The van der Waals surface area contributed by atoms with Crippen molar-refractivity contribution < 1.29 is 9.59 Å². The molecule has 1 aliphatic heterocycles. The molecule has 0 radical (unpaired) electrons. The Balaban J connectivity index is 1.64. The summed E-state index contributed by atoms with van der Waals surface area (Å²) in [6, 6.07) is 19.8. The van der Waals surface area contributed by atoms with Gasteiger partial charge in [-0.3, -0.25) is 9.59 Å². The zero-order valence-electron chi connectivity index (χ0n) is 17.2. The van der Waals surface area contributed by atoms with Gasteiger partial charge in [0.1, 0.15) is 0 Å². The molecule has 0 saturated heterocycles. The van der Waals surface area contributed by atoms with Gasteiger partial charge < -0.3 is 15.5 Å². The lowest BCUT2D eigenvalue weighted by molar-refractivity contribution is -0.126. The van der Waals surface area contributed by atoms with E-state index in [1.807, 2.05) is 77.7 Å². The number of hydrogen-bond acceptors (Lipinski definition) is 3. The lowest BCUT2D eigenvalue weighted by Gasteiger charge is -2.22. The minimum Gasteiger partial charge on any atom is -0.339 e. The van der Waals surface area contributed by atoms with Crippen molar-refractivity contribution >= 4 is 17.9 Å². The van der Waals surface area contributed by atoms with Crippen molar-refractivity contribution in [3.63, 3.8) is 0 Å². The van der Waals surface area contributed by atoms with Crippen molar-refractivity contribution in [2.24, 2.45) is 0 Å². The maximum Gasteiger partial charge on any atom is 0.246 e. The molecule has 1 heterocycles. The summed E-state index contributed by atoms with van der Waals surface area (Å²) >= 11 is 0. The molecule has 0 aliphatic carbocycles. The summed E-state index contributed by atoms with van der Waals surface area (Å²) < 4.78 is 0. The third kappa shape index (κ3) is 7.01. The molecule has 5 heteroatoms. The number of carbonyl (C=O) groups is 2. The number of nitrogens with zero attached hydrogens (tertiary/aromatic N) is 1. The molecule has 30 heavy (non-hydrogen) atoms. The van der Waals surface area contributed by atoms with Crippen molar-refractivity contribution in [3.8, 4) is 0 Å². The van der Waals surface area contributed by atoms with Gasteiger partial charge in [-0.15, -0.1) is 0 Å². The predicted octanol–water partition coefficient (Wildman–Crippen LogP) is 3.67. The Bertz CT molecular complexity index is 862. The standard InChI is InChI=1S/C25H29N3O2/c29-24-20-23(22-12-5-2-6-13-22)26-17-9-19-28(18-8-7-16-27-24)25(30)15-14-21-10-3-1-4-11-21/h1-7,10-16,23,26H,8-9,17-20H2,(H,27,29)/b15-14+,16-7-/t23-/m0/s1. The molecule has 0 bridgehead atoms. The number of rotatable bonds is 3. The van der Waals surface area contributed by atoms with Crippen LogP contribution >= 0.6 is 0 Å². The fourth-order valence-corrected chi connectivity index (χ4v) is 3.42. The van der Waals surface area contributed by atoms with Crippen molar-refractivity contribution in [1.29, 1.82) is 0 Å². The third-order valence-electron chi connectivity index (χ3n) is 5.04. The topological polar surface area (TPSA) is 61.4 Å². The van der Waals surface area contributed by atoms with Gasteiger partial charge in [-0.25, -0.2) is 0 Å². The van der Waals surface area contributed by atoms with E-state index in [0.29, 0.717) is 25.9 Å². The van der Waals surface area contributed by atoms with Crippen LogP contribution in [0.2, 0.25) is 0 Å². The Morgan fingerprint density at radius 1 is 1.00 bits per heavy atom. The zero-order chi connectivity index (χ0) is 21.0. The van der Waals surface area contributed by atoms with E-state index in [0.717, 1.165) is 24.1 Å². The maximum absolute atomic E-state index is 12.7. The van der Waals surface area contributed by atoms with E-state index < -0.39 is 0 Å². The number of hydrogen-bond donors (Lipinski definition) is 2. The van der Waals surface area contributed by atoms with E-state index in [1.165, 1.54) is 0 Å². The summed E-state index contributed by atoms with van der Waals surface area (Å²) in [5.41, 5.74) is 2.09. The first kappa shape index (κ1) is 21.5. The lowest BCUT2D eigenvalue weighted by atomic mass is 10.0. The fourth-order valence-electron chi connectivity index (χ4n) is 3.42. The molecule has 2 amide bonds. The molecule has 3 rings (SSSR count). The minimum atomic E-state index is -0.0533. The Labute approximate surface area is 178 Å². The number of nitrogens with one attached hydrogen (secondary N) is 2. The molecule has 0 aromatic heterocycles. The molecule has 1 aliphatic rings. The first-order valence-corrected chi connectivity index (χ1v) is 10.5. The van der Waals surface area contributed by atoms with Crippen LogP contribution in [0.3, 0.4) is 0 Å². The molecule has 1 atom stereocenters. The average molecular weight is 404 g/mol. The summed E-state index contributed by atoms with van der Waals surface area (Å²) in [6.07, 6.45) is 8.96. The lowest BCUT2D eigenvalue weighted by Crippen LogP contribution is -2.34. The number of benzene rings is 2. The van der Waals surface area contributed by atoms with Crippen LogP contribution in [0.25, 0.3) is 6.08 Å². The van der Waals surface area contributed by atoms with Gasteiger partial charge in [0.25, 0.3) is 0 Å². The normalized spacial score (nSPS) is 19.9. The quantitative estimate of drug-likeness (QED) is 0.769. The maximum atomic E-state index is 12.7. The molecule has 0 saturated carbocycles. The number of amides is 2.